The molecule has 2 N–H and O–H groups in total. The summed E-state index contributed by atoms with van der Waals surface area (Å²) in [5.74, 6) is 1.75. The summed E-state index contributed by atoms with van der Waals surface area (Å²) in [4.78, 5) is 9.45. The van der Waals surface area contributed by atoms with Crippen LogP contribution in [0.1, 0.15) is 31.2 Å². The lowest BCUT2D eigenvalue weighted by Crippen LogP contribution is -2.46. The van der Waals surface area contributed by atoms with Crippen molar-refractivity contribution in [2.75, 3.05) is 66.1 Å². The van der Waals surface area contributed by atoms with E-state index in [-0.39, 0.29) is 24.0 Å². The number of aliphatic imine (C=N–C) groups is 1. The topological polar surface area (TPSA) is 52.1 Å². The molecule has 0 radical (unpaired) electrons. The Hall–Kier alpha value is -0.900. The largest absolute Gasteiger partial charge is 0.381 e. The van der Waals surface area contributed by atoms with Crippen molar-refractivity contribution >= 4 is 29.9 Å². The van der Waals surface area contributed by atoms with E-state index >= 15 is 0 Å². The van der Waals surface area contributed by atoms with Crippen LogP contribution < -0.4 is 10.6 Å². The Balaban J connectivity index is 0.00000320. The first-order chi connectivity index (χ1) is 14.3. The van der Waals surface area contributed by atoms with Crippen LogP contribution in [-0.2, 0) is 11.3 Å². The summed E-state index contributed by atoms with van der Waals surface area (Å²) >= 11 is 0. The van der Waals surface area contributed by atoms with Crippen LogP contribution in [0.2, 0.25) is 0 Å². The lowest BCUT2D eigenvalue weighted by Gasteiger charge is -2.34. The summed E-state index contributed by atoms with van der Waals surface area (Å²) in [5, 5.41) is 6.81. The van der Waals surface area contributed by atoms with Crippen LogP contribution >= 0.6 is 24.0 Å². The molecule has 0 atom stereocenters. The van der Waals surface area contributed by atoms with Crippen molar-refractivity contribution in [2.24, 2.45) is 10.9 Å². The third kappa shape index (κ3) is 10.4. The SMILES string of the molecule is CN=C(NCCCOCC1CC1)NCCCN1CCN(Cc2ccccc2)CC1.I. The molecule has 1 aliphatic heterocycles. The predicted octanol–water partition coefficient (Wildman–Crippen LogP) is 2.79. The van der Waals surface area contributed by atoms with Gasteiger partial charge in [-0.05, 0) is 43.7 Å². The molecule has 0 amide bonds. The Morgan fingerprint density at radius 3 is 2.33 bits per heavy atom. The molecular weight excluding hydrogens is 489 g/mol. The minimum Gasteiger partial charge on any atom is -0.381 e. The maximum absolute atomic E-state index is 5.67. The monoisotopic (exact) mass is 529 g/mol. The summed E-state index contributed by atoms with van der Waals surface area (Å²) in [7, 11) is 1.84. The smallest absolute Gasteiger partial charge is 0.190 e. The fraction of sp³-hybridized carbons (Fsp3) is 0.696. The number of hydrogen-bond acceptors (Lipinski definition) is 4. The Morgan fingerprint density at radius 2 is 1.67 bits per heavy atom. The molecule has 0 bridgehead atoms. The number of halogens is 1. The van der Waals surface area contributed by atoms with Crippen LogP contribution in [0.4, 0.5) is 0 Å². The first-order valence-electron chi connectivity index (χ1n) is 11.3. The van der Waals surface area contributed by atoms with E-state index in [0.29, 0.717) is 0 Å². The Labute approximate surface area is 199 Å². The van der Waals surface area contributed by atoms with Gasteiger partial charge in [-0.25, -0.2) is 0 Å². The molecule has 6 nitrogen and oxygen atoms in total. The molecule has 1 saturated carbocycles. The van der Waals surface area contributed by atoms with Gasteiger partial charge < -0.3 is 20.3 Å². The molecule has 0 spiro atoms. The number of guanidine groups is 1. The molecular formula is C23H40IN5O. The Kier molecular flexibility index (Phi) is 12.7. The molecule has 0 unspecified atom stereocenters. The summed E-state index contributed by atoms with van der Waals surface area (Å²) in [6.45, 7) is 10.5. The van der Waals surface area contributed by atoms with Crippen molar-refractivity contribution in [2.45, 2.75) is 32.2 Å². The van der Waals surface area contributed by atoms with E-state index in [9.17, 15) is 0 Å². The molecule has 30 heavy (non-hydrogen) atoms. The molecule has 1 saturated heterocycles. The van der Waals surface area contributed by atoms with Gasteiger partial charge in [0.1, 0.15) is 0 Å². The van der Waals surface area contributed by atoms with E-state index in [2.05, 4.69) is 55.8 Å². The van der Waals surface area contributed by atoms with Gasteiger partial charge in [-0.2, -0.15) is 0 Å². The highest BCUT2D eigenvalue weighted by atomic mass is 127. The normalized spacial score (nSPS) is 18.1. The summed E-state index contributed by atoms with van der Waals surface area (Å²) < 4.78 is 5.67. The maximum Gasteiger partial charge on any atom is 0.190 e. The minimum absolute atomic E-state index is 0. The highest BCUT2D eigenvalue weighted by molar-refractivity contribution is 14.0. The zero-order valence-electron chi connectivity index (χ0n) is 18.5. The average molecular weight is 530 g/mol. The number of piperazine rings is 1. The first kappa shape index (κ1) is 25.4. The van der Waals surface area contributed by atoms with Crippen molar-refractivity contribution in [1.82, 2.24) is 20.4 Å². The molecule has 0 aromatic heterocycles. The number of ether oxygens (including phenoxy) is 1. The van der Waals surface area contributed by atoms with Gasteiger partial charge in [-0.1, -0.05) is 30.3 Å². The van der Waals surface area contributed by atoms with Crippen molar-refractivity contribution in [3.8, 4) is 0 Å². The lowest BCUT2D eigenvalue weighted by atomic mass is 10.2. The van der Waals surface area contributed by atoms with Crippen LogP contribution in [0, 0.1) is 5.92 Å². The van der Waals surface area contributed by atoms with E-state index in [4.69, 9.17) is 4.74 Å². The molecule has 2 aliphatic rings. The van der Waals surface area contributed by atoms with E-state index in [1.54, 1.807) is 0 Å². The predicted molar refractivity (Wildman–Crippen MR) is 136 cm³/mol. The standard InChI is InChI=1S/C23H39N5O.HI/c1-24-23(26-12-6-18-29-20-22-9-10-22)25-11-5-13-27-14-16-28(17-15-27)19-21-7-3-2-4-8-21;/h2-4,7-8,22H,5-6,9-20H2,1H3,(H2,24,25,26);1H. The lowest BCUT2D eigenvalue weighted by molar-refractivity contribution is 0.123. The van der Waals surface area contributed by atoms with Crippen molar-refractivity contribution < 1.29 is 4.74 Å². The van der Waals surface area contributed by atoms with Gasteiger partial charge >= 0.3 is 0 Å². The van der Waals surface area contributed by atoms with Gasteiger partial charge in [0.15, 0.2) is 5.96 Å². The number of nitrogens with zero attached hydrogens (tertiary/aromatic N) is 3. The molecule has 170 valence electrons. The zero-order chi connectivity index (χ0) is 20.2. The summed E-state index contributed by atoms with van der Waals surface area (Å²) in [6.07, 6.45) is 4.89. The number of rotatable bonds is 12. The maximum atomic E-state index is 5.67. The van der Waals surface area contributed by atoms with Crippen LogP contribution in [0.5, 0.6) is 0 Å². The Morgan fingerprint density at radius 1 is 1.00 bits per heavy atom. The van der Waals surface area contributed by atoms with E-state index in [0.717, 1.165) is 77.2 Å². The second kappa shape index (κ2) is 15.0. The van der Waals surface area contributed by atoms with Crippen LogP contribution in [0.25, 0.3) is 0 Å². The molecule has 1 heterocycles. The zero-order valence-corrected chi connectivity index (χ0v) is 20.9. The van der Waals surface area contributed by atoms with Crippen molar-refractivity contribution in [3.63, 3.8) is 0 Å². The molecule has 1 aliphatic carbocycles. The van der Waals surface area contributed by atoms with Gasteiger partial charge in [0, 0.05) is 66.1 Å². The van der Waals surface area contributed by atoms with Crippen LogP contribution in [0.3, 0.4) is 0 Å². The highest BCUT2D eigenvalue weighted by Crippen LogP contribution is 2.28. The van der Waals surface area contributed by atoms with Crippen molar-refractivity contribution in [3.05, 3.63) is 35.9 Å². The second-order valence-electron chi connectivity index (χ2n) is 8.25. The van der Waals surface area contributed by atoms with Gasteiger partial charge in [-0.3, -0.25) is 9.89 Å². The third-order valence-electron chi connectivity index (χ3n) is 5.69. The van der Waals surface area contributed by atoms with Crippen LogP contribution in [0.15, 0.2) is 35.3 Å². The van der Waals surface area contributed by atoms with Crippen molar-refractivity contribution in [1.29, 1.82) is 0 Å². The van der Waals surface area contributed by atoms with Gasteiger partial charge in [0.2, 0.25) is 0 Å². The van der Waals surface area contributed by atoms with Gasteiger partial charge in [-0.15, -0.1) is 24.0 Å². The molecule has 3 rings (SSSR count). The molecule has 1 aromatic carbocycles. The van der Waals surface area contributed by atoms with E-state index in [1.165, 1.54) is 31.5 Å². The summed E-state index contributed by atoms with van der Waals surface area (Å²) in [6, 6.07) is 10.8. The van der Waals surface area contributed by atoms with E-state index < -0.39 is 0 Å². The van der Waals surface area contributed by atoms with Gasteiger partial charge in [0.05, 0.1) is 0 Å². The quantitative estimate of drug-likeness (QED) is 0.189. The number of nitrogens with one attached hydrogen (secondary N) is 2. The third-order valence-corrected chi connectivity index (χ3v) is 5.69. The molecule has 2 fully saturated rings. The fourth-order valence-electron chi connectivity index (χ4n) is 3.66. The fourth-order valence-corrected chi connectivity index (χ4v) is 3.66. The Bertz CT molecular complexity index is 589. The first-order valence-corrected chi connectivity index (χ1v) is 11.3. The van der Waals surface area contributed by atoms with Gasteiger partial charge in [0.25, 0.3) is 0 Å². The van der Waals surface area contributed by atoms with E-state index in [1.807, 2.05) is 7.05 Å². The number of hydrogen-bond donors (Lipinski definition) is 2. The average Bonchev–Trinajstić information content (AvgIpc) is 3.58. The minimum atomic E-state index is 0. The highest BCUT2D eigenvalue weighted by Gasteiger charge is 2.20. The number of benzene rings is 1. The summed E-state index contributed by atoms with van der Waals surface area (Å²) in [5.41, 5.74) is 1.42. The second-order valence-corrected chi connectivity index (χ2v) is 8.25. The van der Waals surface area contributed by atoms with Crippen LogP contribution in [-0.4, -0.2) is 81.8 Å². The molecule has 7 heteroatoms. The molecule has 1 aromatic rings.